The molecule has 0 bridgehead atoms. The molecule has 8 nitrogen and oxygen atoms in total. The molecule has 3 aromatic rings. The molecule has 0 radical (unpaired) electrons. The number of nitrogens with one attached hydrogen (secondary N) is 3. The molecule has 8 heteroatoms. The lowest BCUT2D eigenvalue weighted by Gasteiger charge is -2.07. The fourth-order valence-corrected chi connectivity index (χ4v) is 2.48. The number of anilines is 4. The van der Waals surface area contributed by atoms with Gasteiger partial charge in [0, 0.05) is 32.4 Å². The van der Waals surface area contributed by atoms with Gasteiger partial charge in [-0.15, -0.1) is 0 Å². The summed E-state index contributed by atoms with van der Waals surface area (Å²) in [4.78, 5) is 19.6. The largest absolute Gasteiger partial charge is 0.478 e. The van der Waals surface area contributed by atoms with Gasteiger partial charge in [-0.25, -0.2) is 9.78 Å². The van der Waals surface area contributed by atoms with Crippen LogP contribution in [0, 0.1) is 0 Å². The molecule has 130 valence electrons. The molecule has 0 aliphatic heterocycles. The van der Waals surface area contributed by atoms with Crippen LogP contribution < -0.4 is 10.6 Å². The van der Waals surface area contributed by atoms with Gasteiger partial charge in [0.2, 0.25) is 5.95 Å². The summed E-state index contributed by atoms with van der Waals surface area (Å²) in [6, 6.07) is 10.2. The monoisotopic (exact) mass is 340 g/mol. The molecule has 1 aliphatic carbocycles. The highest BCUT2D eigenvalue weighted by Gasteiger charge is 2.25. The minimum atomic E-state index is -0.981. The zero-order chi connectivity index (χ0) is 17.2. The number of benzene rings is 1. The number of hydrogen-bond acceptors (Lipinski definition) is 6. The third-order valence-corrected chi connectivity index (χ3v) is 3.89. The van der Waals surface area contributed by atoms with Crippen molar-refractivity contribution in [2.45, 2.75) is 18.8 Å². The summed E-state index contributed by atoms with van der Waals surface area (Å²) in [5, 5.41) is 22.5. The number of carbonyl (C=O) groups is 1. The predicted octanol–water partition coefficient (Wildman–Crippen LogP) is 3.75. The minimum absolute atomic E-state index is 0. The van der Waals surface area contributed by atoms with Gasteiger partial charge >= 0.3 is 5.97 Å². The van der Waals surface area contributed by atoms with E-state index in [4.69, 9.17) is 5.11 Å². The maximum absolute atomic E-state index is 11.0. The van der Waals surface area contributed by atoms with E-state index in [-0.39, 0.29) is 8.42 Å². The van der Waals surface area contributed by atoms with Gasteiger partial charge in [-0.2, -0.15) is 10.1 Å². The van der Waals surface area contributed by atoms with Crippen molar-refractivity contribution in [2.24, 2.45) is 0 Å². The molecule has 2 aromatic heterocycles. The van der Waals surface area contributed by atoms with Crippen molar-refractivity contribution in [3.05, 3.63) is 53.9 Å². The van der Waals surface area contributed by atoms with Crippen LogP contribution in [-0.4, -0.2) is 31.2 Å². The number of rotatable bonds is 6. The Hall–Kier alpha value is -3.42. The lowest BCUT2D eigenvalue weighted by atomic mass is 10.2. The van der Waals surface area contributed by atoms with E-state index in [1.807, 2.05) is 6.07 Å². The van der Waals surface area contributed by atoms with Crippen LogP contribution in [0.2, 0.25) is 0 Å². The van der Waals surface area contributed by atoms with Crippen LogP contribution in [0.15, 0.2) is 42.6 Å². The minimum Gasteiger partial charge on any atom is -0.478 e. The number of carboxylic acid groups (broad SMARTS) is 1. The summed E-state index contributed by atoms with van der Waals surface area (Å²) in [6.07, 6.45) is 4.03. The predicted molar refractivity (Wildman–Crippen MR) is 96.8 cm³/mol. The Kier molecular flexibility index (Phi) is 3.77. The second-order valence-corrected chi connectivity index (χ2v) is 5.88. The molecule has 1 fully saturated rings. The summed E-state index contributed by atoms with van der Waals surface area (Å²) in [7, 11) is 0. The van der Waals surface area contributed by atoms with E-state index in [1.54, 1.807) is 24.4 Å². The van der Waals surface area contributed by atoms with Crippen molar-refractivity contribution in [1.29, 1.82) is 0 Å². The van der Waals surface area contributed by atoms with Gasteiger partial charge in [0.25, 0.3) is 0 Å². The number of hydrogen-bond donors (Lipinski definition) is 4. The van der Waals surface area contributed by atoms with Crippen LogP contribution >= 0.6 is 0 Å². The second kappa shape index (κ2) is 6.23. The van der Waals surface area contributed by atoms with Crippen LogP contribution in [-0.2, 0) is 0 Å². The van der Waals surface area contributed by atoms with E-state index in [1.165, 1.54) is 25.0 Å². The Morgan fingerprint density at radius 2 is 2.08 bits per heavy atom. The summed E-state index contributed by atoms with van der Waals surface area (Å²) >= 11 is 0. The van der Waals surface area contributed by atoms with E-state index in [2.05, 4.69) is 30.8 Å². The van der Waals surface area contributed by atoms with E-state index >= 15 is 0 Å². The van der Waals surface area contributed by atoms with Gasteiger partial charge in [-0.1, -0.05) is 6.07 Å². The SMILES string of the molecule is O=C(O)c1cccc(Nc2nccc(Nc3cc(C4CC4)[nH]n3)n2)c1.[HH].[HH]. The van der Waals surface area contributed by atoms with Crippen molar-refractivity contribution >= 4 is 29.2 Å². The van der Waals surface area contributed by atoms with Crippen LogP contribution in [0.4, 0.5) is 23.3 Å². The number of H-pyrrole nitrogens is 1. The van der Waals surface area contributed by atoms with Crippen LogP contribution in [0.5, 0.6) is 0 Å². The fraction of sp³-hybridized carbons (Fsp3) is 0.176. The second-order valence-electron chi connectivity index (χ2n) is 5.88. The Labute approximate surface area is 146 Å². The molecule has 1 aliphatic rings. The molecule has 0 atom stereocenters. The Morgan fingerprint density at radius 3 is 2.88 bits per heavy atom. The molecule has 4 N–H and O–H groups in total. The summed E-state index contributed by atoms with van der Waals surface area (Å²) < 4.78 is 0. The summed E-state index contributed by atoms with van der Waals surface area (Å²) in [5.74, 6) is 1.29. The molecule has 0 amide bonds. The highest BCUT2D eigenvalue weighted by atomic mass is 16.4. The first-order valence-electron chi connectivity index (χ1n) is 7.93. The average Bonchev–Trinajstić information content (AvgIpc) is 3.35. The number of aromatic amines is 1. The maximum Gasteiger partial charge on any atom is 0.335 e. The Bertz CT molecular complexity index is 929. The van der Waals surface area contributed by atoms with Gasteiger partial charge in [0.1, 0.15) is 5.82 Å². The summed E-state index contributed by atoms with van der Waals surface area (Å²) in [5.41, 5.74) is 1.94. The molecule has 1 saturated carbocycles. The maximum atomic E-state index is 11.0. The third-order valence-electron chi connectivity index (χ3n) is 3.89. The van der Waals surface area contributed by atoms with Crippen LogP contribution in [0.25, 0.3) is 0 Å². The highest BCUT2D eigenvalue weighted by molar-refractivity contribution is 5.89. The normalized spacial score (nSPS) is 13.4. The van der Waals surface area contributed by atoms with Crippen molar-refractivity contribution in [1.82, 2.24) is 20.2 Å². The van der Waals surface area contributed by atoms with Gasteiger partial charge in [0.05, 0.1) is 5.56 Å². The lowest BCUT2D eigenvalue weighted by molar-refractivity contribution is 0.0697. The average molecular weight is 340 g/mol. The summed E-state index contributed by atoms with van der Waals surface area (Å²) in [6.45, 7) is 0. The van der Waals surface area contributed by atoms with Gasteiger partial charge in [-0.05, 0) is 37.1 Å². The zero-order valence-corrected chi connectivity index (χ0v) is 13.2. The van der Waals surface area contributed by atoms with Crippen molar-refractivity contribution in [2.75, 3.05) is 10.6 Å². The number of aromatic carboxylic acids is 1. The number of nitrogens with zero attached hydrogens (tertiary/aromatic N) is 3. The van der Waals surface area contributed by atoms with Crippen molar-refractivity contribution in [3.63, 3.8) is 0 Å². The first-order chi connectivity index (χ1) is 12.2. The molecular formula is C17H20N6O2. The van der Waals surface area contributed by atoms with E-state index in [9.17, 15) is 4.79 Å². The molecule has 0 saturated heterocycles. The Morgan fingerprint density at radius 1 is 1.20 bits per heavy atom. The Balaban J connectivity index is 0.00000131. The van der Waals surface area contributed by atoms with Gasteiger partial charge < -0.3 is 15.7 Å². The third kappa shape index (κ3) is 3.57. The standard InChI is InChI=1S/C17H16N6O2.2H2/c24-16(25)11-2-1-3-12(8-11)19-17-18-7-6-14(21-17)20-15-9-13(22-23-15)10-4-5-10;;/h1-3,6-10H,4-5H2,(H,24,25)(H3,18,19,20,21,22,23);2*1H. The smallest absolute Gasteiger partial charge is 0.335 e. The first-order valence-corrected chi connectivity index (χ1v) is 7.93. The number of carboxylic acids is 1. The fourth-order valence-electron chi connectivity index (χ4n) is 2.48. The molecule has 0 spiro atoms. The molecule has 25 heavy (non-hydrogen) atoms. The number of aromatic nitrogens is 4. The van der Waals surface area contributed by atoms with E-state index in [0.29, 0.717) is 29.2 Å². The van der Waals surface area contributed by atoms with E-state index < -0.39 is 5.97 Å². The van der Waals surface area contributed by atoms with Crippen LogP contribution in [0.3, 0.4) is 0 Å². The van der Waals surface area contributed by atoms with Gasteiger partial charge in [-0.3, -0.25) is 5.10 Å². The zero-order valence-electron chi connectivity index (χ0n) is 13.2. The first kappa shape index (κ1) is 15.1. The van der Waals surface area contributed by atoms with E-state index in [0.717, 1.165) is 5.69 Å². The molecular weight excluding hydrogens is 320 g/mol. The van der Waals surface area contributed by atoms with Crippen molar-refractivity contribution < 1.29 is 12.8 Å². The van der Waals surface area contributed by atoms with Crippen molar-refractivity contribution in [3.8, 4) is 0 Å². The molecule has 2 heterocycles. The topological polar surface area (TPSA) is 116 Å². The van der Waals surface area contributed by atoms with Gasteiger partial charge in [0.15, 0.2) is 5.82 Å². The molecule has 1 aromatic carbocycles. The lowest BCUT2D eigenvalue weighted by Crippen LogP contribution is -2.02. The molecule has 0 unspecified atom stereocenters. The molecule has 4 rings (SSSR count). The quantitative estimate of drug-likeness (QED) is 0.540. The van der Waals surface area contributed by atoms with Crippen LogP contribution in [0.1, 0.15) is 37.7 Å². The highest BCUT2D eigenvalue weighted by Crippen LogP contribution is 2.39.